The molecule has 0 aliphatic carbocycles. The lowest BCUT2D eigenvalue weighted by Crippen LogP contribution is -2.48. The molecule has 1 atom stereocenters. The van der Waals surface area contributed by atoms with Crippen LogP contribution in [0.25, 0.3) is 22.2 Å². The van der Waals surface area contributed by atoms with Crippen LogP contribution in [0.15, 0.2) is 121 Å². The van der Waals surface area contributed by atoms with Gasteiger partial charge in [-0.25, -0.2) is 28.6 Å². The van der Waals surface area contributed by atoms with Crippen LogP contribution in [0.5, 0.6) is 5.75 Å². The van der Waals surface area contributed by atoms with Crippen LogP contribution in [-0.2, 0) is 21.6 Å². The molecule has 8 rings (SSSR count). The topological polar surface area (TPSA) is 168 Å². The van der Waals surface area contributed by atoms with Gasteiger partial charge in [-0.1, -0.05) is 66.4 Å². The number of fused-ring (bicyclic) bond motifs is 1. The molecular weight excluding hydrogens is 1040 g/mol. The molecule has 426 valence electrons. The predicted octanol–water partition coefficient (Wildman–Crippen LogP) is 8.47. The number of hydrogen-bond acceptors (Lipinski definition) is 15. The Morgan fingerprint density at radius 2 is 1.59 bits per heavy atom. The molecule has 1 saturated heterocycles. The van der Waals surface area contributed by atoms with Crippen LogP contribution in [0.3, 0.4) is 0 Å². The summed E-state index contributed by atoms with van der Waals surface area (Å²) in [5.41, 5.74) is 11.7. The van der Waals surface area contributed by atoms with Crippen molar-refractivity contribution in [2.24, 2.45) is 17.9 Å². The van der Waals surface area contributed by atoms with Crippen molar-refractivity contribution < 1.29 is 27.9 Å². The van der Waals surface area contributed by atoms with Crippen molar-refractivity contribution in [1.82, 2.24) is 44.2 Å². The highest BCUT2D eigenvalue weighted by Crippen LogP contribution is 2.51. The number of aryl methyl sites for hydroxylation is 1. The quantitative estimate of drug-likeness (QED) is 0.0269. The van der Waals surface area contributed by atoms with Gasteiger partial charge in [0.05, 0.1) is 36.5 Å². The van der Waals surface area contributed by atoms with E-state index in [-0.39, 0.29) is 16.5 Å². The van der Waals surface area contributed by atoms with Crippen LogP contribution in [-0.4, -0.2) is 182 Å². The third-order valence-corrected chi connectivity index (χ3v) is 15.8. The van der Waals surface area contributed by atoms with Crippen molar-refractivity contribution in [1.29, 1.82) is 0 Å². The van der Waals surface area contributed by atoms with Crippen molar-refractivity contribution in [2.75, 3.05) is 136 Å². The first kappa shape index (κ1) is 59.1. The number of carbonyl (C=O) groups excluding carboxylic acids is 2. The number of likely N-dealkylation sites (N-methyl/N-ethyl adjacent to an activating group) is 3. The molecule has 2 aliphatic rings. The van der Waals surface area contributed by atoms with E-state index in [1.165, 1.54) is 21.8 Å². The number of rotatable bonds is 26. The van der Waals surface area contributed by atoms with Crippen molar-refractivity contribution in [3.05, 3.63) is 138 Å². The van der Waals surface area contributed by atoms with E-state index in [9.17, 15) is 14.0 Å². The number of para-hydroxylation sites is 1. The molecule has 1 fully saturated rings. The molecule has 80 heavy (non-hydrogen) atoms. The Hall–Kier alpha value is -6.98. The minimum atomic E-state index is -1.06. The van der Waals surface area contributed by atoms with Crippen LogP contribution in [0.1, 0.15) is 36.8 Å². The highest BCUT2D eigenvalue weighted by molar-refractivity contribution is 8.15. The van der Waals surface area contributed by atoms with Gasteiger partial charge < -0.3 is 50.2 Å². The number of carbonyl (C=O) groups is 2. The van der Waals surface area contributed by atoms with Crippen molar-refractivity contribution in [3.63, 3.8) is 0 Å². The summed E-state index contributed by atoms with van der Waals surface area (Å²) in [6.07, 6.45) is 9.96. The fourth-order valence-electron chi connectivity index (χ4n) is 9.93. The van der Waals surface area contributed by atoms with E-state index in [4.69, 9.17) is 20.3 Å². The first-order valence-electron chi connectivity index (χ1n) is 27.2. The maximum Gasteiger partial charge on any atom is 0.365 e. The average Bonchev–Trinajstić information content (AvgIpc) is 4.08. The summed E-state index contributed by atoms with van der Waals surface area (Å²) in [4.78, 5) is 53.4. The highest BCUT2D eigenvalue weighted by Gasteiger charge is 2.50. The molecule has 4 N–H and O–H groups in total. The molecule has 0 saturated carbocycles. The Morgan fingerprint density at radius 3 is 2.33 bits per heavy atom. The van der Waals surface area contributed by atoms with E-state index >= 15 is 4.39 Å². The van der Waals surface area contributed by atoms with E-state index in [0.29, 0.717) is 62.0 Å². The number of hydrazone groups is 1. The van der Waals surface area contributed by atoms with Crippen molar-refractivity contribution in [2.45, 2.75) is 30.6 Å². The van der Waals surface area contributed by atoms with Gasteiger partial charge in [0.1, 0.15) is 27.3 Å². The number of piperazine rings is 1. The summed E-state index contributed by atoms with van der Waals surface area (Å²) in [6, 6.07) is 26.0. The molecular formula is C59H76F2N14O4S. The second-order valence-corrected chi connectivity index (χ2v) is 21.8. The summed E-state index contributed by atoms with van der Waals surface area (Å²) in [5, 5.41) is 14.9. The lowest BCUT2D eigenvalue weighted by molar-refractivity contribution is -0.113. The largest absolute Gasteiger partial charge is 0.494 e. The summed E-state index contributed by atoms with van der Waals surface area (Å²) < 4.78 is 37.4. The Morgan fingerprint density at radius 1 is 0.850 bits per heavy atom. The normalized spacial score (nSPS) is 16.1. The number of amides is 3. The van der Waals surface area contributed by atoms with Gasteiger partial charge in [0, 0.05) is 120 Å². The van der Waals surface area contributed by atoms with Crippen LogP contribution in [0.2, 0.25) is 0 Å². The standard InChI is InChI=1S/C59H76F2N14O4S/c1-68(2)32-33-70(4)53-41-54(78-7)51(66-57-63-27-24-49(65-57)47-42-71(5)52-20-12-11-19-45(47)52)40-50(53)64-55(76)21-13-28-69(3)29-15-30-73-34-36-74(37-35-73)31-16-38-79-72(6)58(77)75-59(25-14-26-62,43-17-9-8-10-18-43)80-56(67-75)46-39-44(60)22-23-48(46)61/h8-13,17-24,27,39-42H,14-16,25-26,28-38,62H2,1-7H3,(H,64,76)(H,63,65,66)/b21-13+/t59-/m0/s1. The zero-order valence-electron chi connectivity index (χ0n) is 47.1. The zero-order chi connectivity index (χ0) is 56.8. The number of nitrogens with two attached hydrogens (primary N) is 1. The number of anilines is 4. The molecule has 0 unspecified atom stereocenters. The SMILES string of the molecule is COc1cc(N(C)CCN(C)C)c(NC(=O)/C=C/CN(C)CCCN2CCN(CCCON(C)C(=O)N3N=C(c4cc(F)ccc4F)S[C@@]3(CCCN)c3ccccc3)CC2)cc1Nc1nccc(-c2cn(C)c3ccccc23)n1. The minimum absolute atomic E-state index is 0.0154. The fourth-order valence-corrected chi connectivity index (χ4v) is 11.3. The molecule has 21 heteroatoms. The molecule has 4 heterocycles. The first-order chi connectivity index (χ1) is 38.7. The summed E-state index contributed by atoms with van der Waals surface area (Å²) in [5.74, 6) is -0.504. The molecule has 18 nitrogen and oxygen atoms in total. The average molecular weight is 1120 g/mol. The van der Waals surface area contributed by atoms with E-state index < -0.39 is 22.5 Å². The maximum absolute atomic E-state index is 15.1. The maximum atomic E-state index is 15.1. The summed E-state index contributed by atoms with van der Waals surface area (Å²) >= 11 is 1.21. The Balaban J connectivity index is 0.786. The molecule has 0 bridgehead atoms. The number of thioether (sulfide) groups is 1. The number of halogens is 2. The van der Waals surface area contributed by atoms with Gasteiger partial charge in [-0.05, 0) is 108 Å². The highest BCUT2D eigenvalue weighted by atomic mass is 32.2. The van der Waals surface area contributed by atoms with Crippen LogP contribution in [0.4, 0.5) is 36.6 Å². The number of benzene rings is 4. The Bertz CT molecular complexity index is 3100. The first-order valence-corrected chi connectivity index (χ1v) is 28.0. The van der Waals surface area contributed by atoms with Crippen LogP contribution >= 0.6 is 11.8 Å². The summed E-state index contributed by atoms with van der Waals surface area (Å²) in [7, 11) is 13.3. The molecule has 2 aliphatic heterocycles. The monoisotopic (exact) mass is 1110 g/mol. The lowest BCUT2D eigenvalue weighted by Gasteiger charge is -2.37. The second kappa shape index (κ2) is 27.9. The molecule has 0 radical (unpaired) electrons. The van der Waals surface area contributed by atoms with E-state index in [1.807, 2.05) is 94.9 Å². The van der Waals surface area contributed by atoms with Gasteiger partial charge in [0.25, 0.3) is 0 Å². The van der Waals surface area contributed by atoms with E-state index in [1.54, 1.807) is 26.4 Å². The van der Waals surface area contributed by atoms with E-state index in [0.717, 1.165) is 117 Å². The number of ether oxygens (including phenoxy) is 1. The van der Waals surface area contributed by atoms with Crippen LogP contribution in [0, 0.1) is 11.6 Å². The zero-order valence-corrected chi connectivity index (χ0v) is 47.9. The molecule has 0 spiro atoms. The molecule has 6 aromatic rings. The second-order valence-electron chi connectivity index (χ2n) is 20.5. The number of hydroxylamine groups is 2. The van der Waals surface area contributed by atoms with Gasteiger partial charge in [0.15, 0.2) is 0 Å². The van der Waals surface area contributed by atoms with Gasteiger partial charge in [-0.2, -0.15) is 10.1 Å². The number of nitrogens with one attached hydrogen (secondary N) is 2. The number of hydrogen-bond donors (Lipinski definition) is 3. The molecule has 2 aromatic heterocycles. The third-order valence-electron chi connectivity index (χ3n) is 14.4. The molecule has 3 amide bonds. The van der Waals surface area contributed by atoms with Gasteiger partial charge in [-0.15, -0.1) is 0 Å². The number of urea groups is 1. The van der Waals surface area contributed by atoms with Gasteiger partial charge in [0.2, 0.25) is 11.9 Å². The number of aromatic nitrogens is 3. The number of methoxy groups -OCH3 is 1. The Kier molecular flexibility index (Phi) is 20.7. The summed E-state index contributed by atoms with van der Waals surface area (Å²) in [6.45, 7) is 9.21. The molecule has 4 aromatic carbocycles. The van der Waals surface area contributed by atoms with Gasteiger partial charge >= 0.3 is 6.03 Å². The number of nitrogens with zero attached hydrogens (tertiary/aromatic N) is 11. The minimum Gasteiger partial charge on any atom is -0.494 e. The Labute approximate surface area is 473 Å². The van der Waals surface area contributed by atoms with Crippen molar-refractivity contribution in [3.8, 4) is 17.0 Å². The third kappa shape index (κ3) is 14.9. The predicted molar refractivity (Wildman–Crippen MR) is 317 cm³/mol. The van der Waals surface area contributed by atoms with Crippen molar-refractivity contribution >= 4 is 62.7 Å². The van der Waals surface area contributed by atoms with E-state index in [2.05, 4.69) is 75.2 Å². The smallest absolute Gasteiger partial charge is 0.365 e. The van der Waals surface area contributed by atoms with Gasteiger partial charge in [-0.3, -0.25) is 9.63 Å². The van der Waals surface area contributed by atoms with Crippen LogP contribution < -0.4 is 26.0 Å². The lowest BCUT2D eigenvalue weighted by atomic mass is 10.0. The fraction of sp³-hybridized carbons (Fsp3) is 0.407.